The van der Waals surface area contributed by atoms with Crippen LogP contribution >= 0.6 is 0 Å². The maximum atomic E-state index is 14.0. The quantitative estimate of drug-likeness (QED) is 0.376. The molecule has 4 rings (SSSR count). The first kappa shape index (κ1) is 24.9. The van der Waals surface area contributed by atoms with Crippen LogP contribution in [0.25, 0.3) is 0 Å². The number of rotatable bonds is 10. The Morgan fingerprint density at radius 1 is 0.971 bits per heavy atom. The lowest BCUT2D eigenvalue weighted by molar-refractivity contribution is -0.374. The smallest absolute Gasteiger partial charge is 0.330 e. The van der Waals surface area contributed by atoms with Crippen molar-refractivity contribution in [2.75, 3.05) is 13.1 Å². The molecule has 0 spiro atoms. The molecule has 1 atom stereocenters. The Morgan fingerprint density at radius 2 is 1.51 bits per heavy atom. The Bertz CT molecular complexity index is 994. The third kappa shape index (κ3) is 5.25. The zero-order valence-electron chi connectivity index (χ0n) is 20.7. The van der Waals surface area contributed by atoms with E-state index in [9.17, 15) is 14.4 Å². The van der Waals surface area contributed by atoms with E-state index < -0.39 is 18.1 Å². The first-order chi connectivity index (χ1) is 16.9. The molecule has 1 unspecified atom stereocenters. The molecule has 2 amide bonds. The second kappa shape index (κ2) is 10.6. The molecule has 1 aliphatic heterocycles. The zero-order valence-corrected chi connectivity index (χ0v) is 20.7. The summed E-state index contributed by atoms with van der Waals surface area (Å²) in [6, 6.07) is 19.4. The van der Waals surface area contributed by atoms with Crippen molar-refractivity contribution < 1.29 is 24.2 Å². The third-order valence-corrected chi connectivity index (χ3v) is 7.37. The Labute approximate surface area is 206 Å². The summed E-state index contributed by atoms with van der Waals surface area (Å²) in [6.45, 7) is 5.84. The number of hydrogen-bond acceptors (Lipinski definition) is 5. The average molecular weight is 479 g/mol. The van der Waals surface area contributed by atoms with Gasteiger partial charge in [-0.25, -0.2) is 4.79 Å². The van der Waals surface area contributed by atoms with Gasteiger partial charge < -0.3 is 9.80 Å². The van der Waals surface area contributed by atoms with E-state index in [0.29, 0.717) is 6.54 Å². The lowest BCUT2D eigenvalue weighted by atomic mass is 9.73. The van der Waals surface area contributed by atoms with Gasteiger partial charge in [0.05, 0.1) is 5.92 Å². The Balaban J connectivity index is 1.56. The number of carbonyl (C=O) groups is 3. The van der Waals surface area contributed by atoms with Gasteiger partial charge in [-0.1, -0.05) is 74.5 Å². The van der Waals surface area contributed by atoms with Crippen molar-refractivity contribution in [2.45, 2.75) is 64.6 Å². The summed E-state index contributed by atoms with van der Waals surface area (Å²) < 4.78 is 0. The lowest BCUT2D eigenvalue weighted by Crippen LogP contribution is -2.68. The largest absolute Gasteiger partial charge is 0.339 e. The highest BCUT2D eigenvalue weighted by Gasteiger charge is 2.55. The van der Waals surface area contributed by atoms with Crippen LogP contribution in [-0.2, 0) is 24.2 Å². The van der Waals surface area contributed by atoms with E-state index >= 15 is 0 Å². The van der Waals surface area contributed by atoms with Gasteiger partial charge in [0, 0.05) is 24.9 Å². The highest BCUT2D eigenvalue weighted by atomic mass is 17.2. The second-order valence-corrected chi connectivity index (χ2v) is 9.57. The molecular formula is C28H34N2O5. The molecule has 2 aliphatic rings. The first-order valence-electron chi connectivity index (χ1n) is 12.4. The molecule has 0 radical (unpaired) electrons. The number of hydrogen-bond donors (Lipinski definition) is 0. The Morgan fingerprint density at radius 3 is 1.97 bits per heavy atom. The van der Waals surface area contributed by atoms with Crippen molar-refractivity contribution in [3.63, 3.8) is 0 Å². The van der Waals surface area contributed by atoms with Crippen LogP contribution in [0.3, 0.4) is 0 Å². The van der Waals surface area contributed by atoms with Crippen molar-refractivity contribution in [1.29, 1.82) is 0 Å². The van der Waals surface area contributed by atoms with Gasteiger partial charge in [0.15, 0.2) is 6.23 Å². The molecule has 35 heavy (non-hydrogen) atoms. The number of likely N-dealkylation sites (tertiary alicyclic amines) is 1. The molecule has 7 heteroatoms. The topological polar surface area (TPSA) is 76.2 Å². The fourth-order valence-corrected chi connectivity index (χ4v) is 4.97. The Kier molecular flexibility index (Phi) is 7.55. The molecule has 1 heterocycles. The molecule has 0 aromatic heterocycles. The number of benzene rings is 2. The van der Waals surface area contributed by atoms with Crippen LogP contribution in [0.15, 0.2) is 60.7 Å². The fraction of sp³-hybridized carbons (Fsp3) is 0.464. The first-order valence-corrected chi connectivity index (χ1v) is 12.4. The van der Waals surface area contributed by atoms with Crippen LogP contribution in [0.5, 0.6) is 0 Å². The molecule has 2 aromatic carbocycles. The van der Waals surface area contributed by atoms with E-state index in [4.69, 9.17) is 9.78 Å². The predicted octanol–water partition coefficient (Wildman–Crippen LogP) is 4.28. The normalized spacial score (nSPS) is 18.6. The summed E-state index contributed by atoms with van der Waals surface area (Å²) >= 11 is 0. The summed E-state index contributed by atoms with van der Waals surface area (Å²) in [5, 5.41) is 0. The van der Waals surface area contributed by atoms with Gasteiger partial charge >= 0.3 is 5.97 Å². The third-order valence-electron chi connectivity index (χ3n) is 7.37. The maximum Gasteiger partial charge on any atom is 0.339 e. The second-order valence-electron chi connectivity index (χ2n) is 9.57. The number of nitrogens with zero attached hydrogens (tertiary/aromatic N) is 2. The highest BCUT2D eigenvalue weighted by molar-refractivity contribution is 5.91. The van der Waals surface area contributed by atoms with Crippen LogP contribution in [-0.4, -0.2) is 52.9 Å². The van der Waals surface area contributed by atoms with Crippen molar-refractivity contribution in [3.05, 3.63) is 71.8 Å². The van der Waals surface area contributed by atoms with Crippen LogP contribution < -0.4 is 0 Å². The maximum absolute atomic E-state index is 14.0. The molecular weight excluding hydrogens is 444 g/mol. The summed E-state index contributed by atoms with van der Waals surface area (Å²) in [5.74, 6) is -1.32. The fourth-order valence-electron chi connectivity index (χ4n) is 4.97. The summed E-state index contributed by atoms with van der Waals surface area (Å²) in [4.78, 5) is 52.4. The lowest BCUT2D eigenvalue weighted by Gasteiger charge is -2.55. The van der Waals surface area contributed by atoms with Crippen molar-refractivity contribution in [1.82, 2.24) is 9.80 Å². The van der Waals surface area contributed by atoms with E-state index in [2.05, 4.69) is 0 Å². The van der Waals surface area contributed by atoms with E-state index in [0.717, 1.165) is 36.8 Å². The van der Waals surface area contributed by atoms with Gasteiger partial charge in [-0.05, 0) is 36.8 Å². The van der Waals surface area contributed by atoms with Gasteiger partial charge in [-0.2, -0.15) is 4.89 Å². The Hall–Kier alpha value is -3.19. The number of amides is 2. The molecule has 1 aliphatic carbocycles. The van der Waals surface area contributed by atoms with Crippen LogP contribution in [0.2, 0.25) is 0 Å². The van der Waals surface area contributed by atoms with Gasteiger partial charge in [-0.15, -0.1) is 0 Å². The summed E-state index contributed by atoms with van der Waals surface area (Å²) in [7, 11) is 0. The molecule has 186 valence electrons. The number of carbonyl (C=O) groups excluding carboxylic acids is 3. The minimum atomic E-state index is -0.649. The van der Waals surface area contributed by atoms with Crippen LogP contribution in [0.4, 0.5) is 0 Å². The van der Waals surface area contributed by atoms with E-state index in [1.165, 1.54) is 6.92 Å². The minimum Gasteiger partial charge on any atom is -0.330 e. The molecule has 0 bridgehead atoms. The standard InChI is InChI=1S/C28H34N2O5/c1-4-28(5-2)19-30(27(28)35-34-20(3)31)24(32)18-29(23-16-17-23)26(33)25(21-12-8-6-9-13-21)22-14-10-7-11-15-22/h6-15,23,25,27H,4-5,16-19H2,1-3H3. The molecule has 1 saturated carbocycles. The van der Waals surface area contributed by atoms with Crippen molar-refractivity contribution >= 4 is 17.8 Å². The molecule has 1 saturated heterocycles. The van der Waals surface area contributed by atoms with E-state index in [-0.39, 0.29) is 29.8 Å². The van der Waals surface area contributed by atoms with E-state index in [1.807, 2.05) is 74.5 Å². The van der Waals surface area contributed by atoms with Crippen LogP contribution in [0.1, 0.15) is 63.5 Å². The highest BCUT2D eigenvalue weighted by Crippen LogP contribution is 2.45. The molecule has 2 fully saturated rings. The average Bonchev–Trinajstić information content (AvgIpc) is 3.69. The predicted molar refractivity (Wildman–Crippen MR) is 131 cm³/mol. The molecule has 2 aromatic rings. The molecule has 7 nitrogen and oxygen atoms in total. The SMILES string of the molecule is CCC1(CC)CN(C(=O)CN(C(=O)C(c2ccccc2)c2ccccc2)C2CC2)C1OOC(C)=O. The molecule has 0 N–H and O–H groups in total. The minimum absolute atomic E-state index is 0.0247. The van der Waals surface area contributed by atoms with Crippen LogP contribution in [0, 0.1) is 5.41 Å². The van der Waals surface area contributed by atoms with Gasteiger partial charge in [0.25, 0.3) is 0 Å². The summed E-state index contributed by atoms with van der Waals surface area (Å²) in [6.07, 6.45) is 2.69. The van der Waals surface area contributed by atoms with Crippen molar-refractivity contribution in [3.8, 4) is 0 Å². The summed E-state index contributed by atoms with van der Waals surface area (Å²) in [5.41, 5.74) is 1.53. The van der Waals surface area contributed by atoms with Crippen molar-refractivity contribution in [2.24, 2.45) is 5.41 Å². The zero-order chi connectivity index (χ0) is 25.0. The monoisotopic (exact) mass is 478 g/mol. The van der Waals surface area contributed by atoms with Gasteiger partial charge in [0.2, 0.25) is 11.8 Å². The van der Waals surface area contributed by atoms with E-state index in [1.54, 1.807) is 9.80 Å². The van der Waals surface area contributed by atoms with Gasteiger partial charge in [-0.3, -0.25) is 14.5 Å². The van der Waals surface area contributed by atoms with Gasteiger partial charge in [0.1, 0.15) is 6.54 Å².